The molecular weight excluding hydrogens is 832 g/mol. The Morgan fingerprint density at radius 2 is 0.841 bits per heavy atom. The predicted molar refractivity (Wildman–Crippen MR) is 297 cm³/mol. The highest BCUT2D eigenvalue weighted by molar-refractivity contribution is 7.00. The molecule has 0 spiro atoms. The van der Waals surface area contributed by atoms with Gasteiger partial charge in [0.25, 0.3) is 6.71 Å². The zero-order chi connectivity index (χ0) is 51.0. The van der Waals surface area contributed by atoms with Crippen molar-refractivity contribution in [2.45, 2.75) is 155 Å². The van der Waals surface area contributed by atoms with Gasteiger partial charge in [-0.2, -0.15) is 0 Å². The zero-order valence-corrected chi connectivity index (χ0v) is 43.4. The highest BCUT2D eigenvalue weighted by atomic mass is 15.2. The van der Waals surface area contributed by atoms with Gasteiger partial charge in [0, 0.05) is 38.1 Å². The summed E-state index contributed by atoms with van der Waals surface area (Å²) in [7, 11) is 0. The molecule has 0 fully saturated rings. The van der Waals surface area contributed by atoms with E-state index in [-0.39, 0.29) is 39.2 Å². The number of fused-ring (bicyclic) bond motifs is 7. The van der Waals surface area contributed by atoms with Crippen molar-refractivity contribution < 1.29 is 4.11 Å². The van der Waals surface area contributed by atoms with Gasteiger partial charge in [0.1, 0.15) is 0 Å². The summed E-state index contributed by atoms with van der Waals surface area (Å²) in [4.78, 5) is 5.00. The highest BCUT2D eigenvalue weighted by Crippen LogP contribution is 2.57. The molecule has 0 saturated carbocycles. The summed E-state index contributed by atoms with van der Waals surface area (Å²) < 4.78 is 27.9. The number of hydrogen-bond donors (Lipinski definition) is 0. The normalized spacial score (nSPS) is 20.7. The molecule has 0 bridgehead atoms. The third kappa shape index (κ3) is 6.50. The number of aryl methyl sites for hydroxylation is 2. The molecular formula is C66H71BN2. The molecule has 0 amide bonds. The second-order valence-corrected chi connectivity index (χ2v) is 25.8. The Hall–Kier alpha value is -5.80. The van der Waals surface area contributed by atoms with Gasteiger partial charge in [0.15, 0.2) is 0 Å². The fourth-order valence-corrected chi connectivity index (χ4v) is 14.8. The first-order chi connectivity index (χ1) is 33.7. The summed E-state index contributed by atoms with van der Waals surface area (Å²) in [6.07, 6.45) is 4.31. The molecule has 2 heterocycles. The lowest BCUT2D eigenvalue weighted by Gasteiger charge is -2.48. The minimum atomic E-state index is -2.39. The fourth-order valence-electron chi connectivity index (χ4n) is 14.8. The first-order valence-electron chi connectivity index (χ1n) is 27.3. The smallest absolute Gasteiger partial charge is 0.252 e. The standard InChI is InChI=1S/C66H71BN2/c1-40-29-58-60-59(30-40)69(55-35-50-46(31-41(55)2)63(7,8)38-65(50,11)12)57-36-49-47(61(3,4)27-28-62(49,5)6)33-52(57)67(60)53-34-48-51(66(13,14)39-64(48,9)10)37-56(53)68(58)54-26-25-44(42-21-17-15-18-22-42)32-45(54)43-23-19-16-20-24-43/h15-26,29-37H,27-28,38-39H2,1-14H3/i1D3. The Labute approximate surface area is 418 Å². The van der Waals surface area contributed by atoms with E-state index in [1.807, 2.05) is 6.07 Å². The van der Waals surface area contributed by atoms with Gasteiger partial charge < -0.3 is 9.80 Å². The zero-order valence-electron chi connectivity index (χ0n) is 46.4. The van der Waals surface area contributed by atoms with Crippen LogP contribution in [0.5, 0.6) is 0 Å². The van der Waals surface area contributed by atoms with E-state index >= 15 is 0 Å². The van der Waals surface area contributed by atoms with Crippen molar-refractivity contribution in [1.29, 1.82) is 0 Å². The van der Waals surface area contributed by atoms with Crippen LogP contribution in [0.25, 0.3) is 22.3 Å². The van der Waals surface area contributed by atoms with Crippen LogP contribution in [-0.4, -0.2) is 6.71 Å². The maximum Gasteiger partial charge on any atom is 0.252 e. The lowest BCUT2D eigenvalue weighted by atomic mass is 9.32. The molecule has 0 radical (unpaired) electrons. The Kier molecular flexibility index (Phi) is 8.56. The molecule has 0 unspecified atom stereocenters. The van der Waals surface area contributed by atoms with Crippen molar-refractivity contribution in [3.63, 3.8) is 0 Å². The number of hydrogen-bond acceptors (Lipinski definition) is 2. The van der Waals surface area contributed by atoms with Gasteiger partial charge in [-0.15, -0.1) is 0 Å². The first-order valence-corrected chi connectivity index (χ1v) is 25.8. The molecule has 7 aromatic rings. The number of nitrogens with zero attached hydrogens (tertiary/aromatic N) is 2. The third-order valence-corrected chi connectivity index (χ3v) is 17.9. The molecule has 5 aliphatic rings. The van der Waals surface area contributed by atoms with Gasteiger partial charge in [-0.1, -0.05) is 168 Å². The molecule has 0 aromatic heterocycles. The van der Waals surface area contributed by atoms with Gasteiger partial charge in [0.05, 0.1) is 5.69 Å². The average Bonchev–Trinajstić information content (AvgIpc) is 3.62. The number of anilines is 6. The van der Waals surface area contributed by atoms with Crippen LogP contribution in [0.2, 0.25) is 0 Å². The van der Waals surface area contributed by atoms with Crippen LogP contribution >= 0.6 is 0 Å². The molecule has 3 heteroatoms. The summed E-state index contributed by atoms with van der Waals surface area (Å²) in [6, 6.07) is 47.7. The van der Waals surface area contributed by atoms with E-state index in [1.165, 1.54) is 55.6 Å². The first kappa shape index (κ1) is 41.0. The summed E-state index contributed by atoms with van der Waals surface area (Å²) in [5, 5.41) is 0. The van der Waals surface area contributed by atoms with Gasteiger partial charge in [-0.3, -0.25) is 0 Å². The van der Waals surface area contributed by atoms with E-state index in [2.05, 4.69) is 221 Å². The topological polar surface area (TPSA) is 6.48 Å². The molecule has 2 nitrogen and oxygen atoms in total. The Morgan fingerprint density at radius 3 is 1.36 bits per heavy atom. The minimum absolute atomic E-state index is 0.0291. The SMILES string of the molecule is [2H]C([2H])([2H])c1cc2c3c(c1)N(c1ccc(-c4ccccc4)cc1-c1ccccc1)c1cc4c(cc1B3c1cc3c(cc1N2c1cc2c(cc1C)C(C)(C)CC2(C)C)C(C)(C)CCC3(C)C)C(C)(C)CC4(C)C. The maximum absolute atomic E-state index is 9.31. The molecule has 348 valence electrons. The largest absolute Gasteiger partial charge is 0.311 e. The molecule has 12 rings (SSSR count). The summed E-state index contributed by atoms with van der Waals surface area (Å²) in [5.74, 6) is 0. The lowest BCUT2D eigenvalue weighted by molar-refractivity contribution is 0.332. The summed E-state index contributed by atoms with van der Waals surface area (Å²) in [5.41, 5.74) is 24.4. The summed E-state index contributed by atoms with van der Waals surface area (Å²) >= 11 is 0. The summed E-state index contributed by atoms with van der Waals surface area (Å²) in [6.45, 7) is 28.8. The van der Waals surface area contributed by atoms with Crippen LogP contribution in [0, 0.1) is 13.8 Å². The van der Waals surface area contributed by atoms with E-state index < -0.39 is 6.85 Å². The van der Waals surface area contributed by atoms with Gasteiger partial charge in [0.2, 0.25) is 0 Å². The van der Waals surface area contributed by atoms with Crippen molar-refractivity contribution >= 4 is 57.2 Å². The van der Waals surface area contributed by atoms with E-state index in [4.69, 9.17) is 0 Å². The molecule has 0 N–H and O–H groups in total. The van der Waals surface area contributed by atoms with Gasteiger partial charge >= 0.3 is 0 Å². The number of benzene rings is 7. The van der Waals surface area contributed by atoms with Crippen molar-refractivity contribution in [1.82, 2.24) is 0 Å². The second kappa shape index (κ2) is 14.4. The molecule has 0 saturated heterocycles. The van der Waals surface area contributed by atoms with Crippen molar-refractivity contribution in [2.75, 3.05) is 9.80 Å². The molecule has 2 aliphatic heterocycles. The van der Waals surface area contributed by atoms with E-state index in [9.17, 15) is 4.11 Å². The lowest BCUT2D eigenvalue weighted by Crippen LogP contribution is -2.62. The molecule has 69 heavy (non-hydrogen) atoms. The van der Waals surface area contributed by atoms with Crippen LogP contribution in [0.4, 0.5) is 34.1 Å². The predicted octanol–water partition coefficient (Wildman–Crippen LogP) is 16.0. The van der Waals surface area contributed by atoms with Crippen LogP contribution < -0.4 is 26.2 Å². The van der Waals surface area contributed by atoms with Crippen molar-refractivity contribution in [2.24, 2.45) is 0 Å². The third-order valence-electron chi connectivity index (χ3n) is 17.9. The second-order valence-electron chi connectivity index (χ2n) is 25.8. The quantitative estimate of drug-likeness (QED) is 0.162. The highest BCUT2D eigenvalue weighted by Gasteiger charge is 2.50. The van der Waals surface area contributed by atoms with Crippen LogP contribution in [0.1, 0.15) is 157 Å². The van der Waals surface area contributed by atoms with E-state index in [1.54, 1.807) is 0 Å². The minimum Gasteiger partial charge on any atom is -0.311 e. The van der Waals surface area contributed by atoms with Gasteiger partial charge in [-0.05, 0) is 192 Å². The Balaban J connectivity index is 1.25. The van der Waals surface area contributed by atoms with Crippen molar-refractivity contribution in [3.8, 4) is 22.3 Å². The monoisotopic (exact) mass is 906 g/mol. The Bertz CT molecular complexity index is 3430. The molecule has 0 atom stereocenters. The number of rotatable bonds is 4. The van der Waals surface area contributed by atoms with Crippen LogP contribution in [0.15, 0.2) is 127 Å². The maximum atomic E-state index is 9.31. The van der Waals surface area contributed by atoms with Crippen LogP contribution in [-0.2, 0) is 32.5 Å². The van der Waals surface area contributed by atoms with E-state index in [0.717, 1.165) is 81.8 Å². The Morgan fingerprint density at radius 1 is 0.406 bits per heavy atom. The van der Waals surface area contributed by atoms with Crippen LogP contribution in [0.3, 0.4) is 0 Å². The van der Waals surface area contributed by atoms with E-state index in [0.29, 0.717) is 5.56 Å². The molecule has 7 aromatic carbocycles. The average molecular weight is 906 g/mol. The molecule has 3 aliphatic carbocycles. The van der Waals surface area contributed by atoms with Gasteiger partial charge in [-0.25, -0.2) is 0 Å². The van der Waals surface area contributed by atoms with Crippen molar-refractivity contribution in [3.05, 3.63) is 172 Å². The fraction of sp³-hybridized carbons (Fsp3) is 0.364.